The molecule has 0 heterocycles. The summed E-state index contributed by atoms with van der Waals surface area (Å²) >= 11 is 0. The van der Waals surface area contributed by atoms with Gasteiger partial charge in [-0.3, -0.25) is 4.79 Å². The molecule has 1 fully saturated rings. The second-order valence-electron chi connectivity index (χ2n) is 6.24. The molecule has 0 aliphatic heterocycles. The third-order valence-electron chi connectivity index (χ3n) is 4.20. The van der Waals surface area contributed by atoms with Crippen LogP contribution in [-0.2, 0) is 14.8 Å². The van der Waals surface area contributed by atoms with Crippen molar-refractivity contribution in [3.8, 4) is 5.75 Å². The summed E-state index contributed by atoms with van der Waals surface area (Å²) in [7, 11) is -3.50. The highest BCUT2D eigenvalue weighted by molar-refractivity contribution is 7.89. The number of sulfonamides is 1. The molecule has 2 N–H and O–H groups in total. The lowest BCUT2D eigenvalue weighted by Gasteiger charge is -2.14. The Balaban J connectivity index is 1.89. The summed E-state index contributed by atoms with van der Waals surface area (Å²) in [4.78, 5) is 11.9. The van der Waals surface area contributed by atoms with Crippen LogP contribution < -0.4 is 14.8 Å². The van der Waals surface area contributed by atoms with Crippen molar-refractivity contribution in [2.75, 3.05) is 6.61 Å². The van der Waals surface area contributed by atoms with Gasteiger partial charge >= 0.3 is 0 Å². The molecule has 2 rings (SSSR count). The molecule has 1 aliphatic carbocycles. The van der Waals surface area contributed by atoms with E-state index in [1.54, 1.807) is 12.1 Å². The number of amides is 1. The summed E-state index contributed by atoms with van der Waals surface area (Å²) in [6.45, 7) is 3.83. The molecule has 0 spiro atoms. The lowest BCUT2D eigenvalue weighted by Crippen LogP contribution is -2.35. The smallest absolute Gasteiger partial charge is 0.258 e. The van der Waals surface area contributed by atoms with Gasteiger partial charge in [-0.25, -0.2) is 13.1 Å². The van der Waals surface area contributed by atoms with E-state index in [2.05, 4.69) is 10.0 Å². The van der Waals surface area contributed by atoms with E-state index in [1.807, 2.05) is 13.8 Å². The summed E-state index contributed by atoms with van der Waals surface area (Å²) in [6, 6.07) is 6.28. The maximum atomic E-state index is 12.3. The first-order chi connectivity index (χ1) is 11.4. The van der Waals surface area contributed by atoms with Crippen molar-refractivity contribution in [2.45, 2.75) is 62.9 Å². The number of carbonyl (C=O) groups excluding carboxylic acids is 1. The van der Waals surface area contributed by atoms with E-state index in [-0.39, 0.29) is 29.5 Å². The first-order valence-electron chi connectivity index (χ1n) is 8.45. The highest BCUT2D eigenvalue weighted by Crippen LogP contribution is 2.21. The molecule has 1 aliphatic rings. The fraction of sp³-hybridized carbons (Fsp3) is 0.588. The van der Waals surface area contributed by atoms with Crippen LogP contribution >= 0.6 is 0 Å². The molecule has 1 amide bonds. The predicted molar refractivity (Wildman–Crippen MR) is 92.4 cm³/mol. The highest BCUT2D eigenvalue weighted by Gasteiger charge is 2.22. The van der Waals surface area contributed by atoms with Crippen LogP contribution in [0.4, 0.5) is 0 Å². The van der Waals surface area contributed by atoms with Crippen LogP contribution in [0.15, 0.2) is 29.2 Å². The Morgan fingerprint density at radius 3 is 2.46 bits per heavy atom. The maximum absolute atomic E-state index is 12.3. The Morgan fingerprint density at radius 1 is 1.25 bits per heavy atom. The van der Waals surface area contributed by atoms with Crippen LogP contribution in [0.1, 0.15) is 46.0 Å². The van der Waals surface area contributed by atoms with Crippen molar-refractivity contribution < 1.29 is 17.9 Å². The molecule has 6 nitrogen and oxygen atoms in total. The average Bonchev–Trinajstić information content (AvgIpc) is 3.05. The van der Waals surface area contributed by atoms with Crippen molar-refractivity contribution in [2.24, 2.45) is 0 Å². The molecule has 134 valence electrons. The molecule has 0 aromatic heterocycles. The summed E-state index contributed by atoms with van der Waals surface area (Å²) in [6.07, 6.45) is 4.78. The van der Waals surface area contributed by atoms with E-state index >= 15 is 0 Å². The third kappa shape index (κ3) is 5.49. The van der Waals surface area contributed by atoms with Gasteiger partial charge in [0.2, 0.25) is 10.0 Å². The highest BCUT2D eigenvalue weighted by atomic mass is 32.2. The molecule has 1 saturated carbocycles. The van der Waals surface area contributed by atoms with Crippen molar-refractivity contribution in [3.05, 3.63) is 24.3 Å². The molecule has 1 atom stereocenters. The standard InChI is InChI=1S/C17H26N2O4S/c1-3-13(2)18-17(20)12-23-15-8-10-16(11-9-15)24(21,22)19-14-6-4-5-7-14/h8-11,13-14,19H,3-7,12H2,1-2H3,(H,18,20)/t13-/m1/s1. The number of benzene rings is 1. The molecular weight excluding hydrogens is 328 g/mol. The quantitative estimate of drug-likeness (QED) is 0.749. The number of nitrogens with one attached hydrogen (secondary N) is 2. The Morgan fingerprint density at radius 2 is 1.88 bits per heavy atom. The topological polar surface area (TPSA) is 84.5 Å². The van der Waals surface area contributed by atoms with Gasteiger partial charge in [0.05, 0.1) is 4.90 Å². The Labute approximate surface area is 144 Å². The molecule has 0 radical (unpaired) electrons. The minimum atomic E-state index is -3.50. The molecule has 0 unspecified atom stereocenters. The Kier molecular flexibility index (Phi) is 6.62. The second-order valence-corrected chi connectivity index (χ2v) is 7.95. The lowest BCUT2D eigenvalue weighted by atomic mass is 10.2. The largest absolute Gasteiger partial charge is 0.484 e. The zero-order valence-electron chi connectivity index (χ0n) is 14.2. The van der Waals surface area contributed by atoms with Crippen molar-refractivity contribution >= 4 is 15.9 Å². The van der Waals surface area contributed by atoms with Gasteiger partial charge in [0.15, 0.2) is 6.61 Å². The summed E-state index contributed by atoms with van der Waals surface area (Å²) in [5, 5.41) is 2.81. The fourth-order valence-electron chi connectivity index (χ4n) is 2.61. The second kappa shape index (κ2) is 8.48. The van der Waals surface area contributed by atoms with Crippen LogP contribution in [0.3, 0.4) is 0 Å². The predicted octanol–water partition coefficient (Wildman–Crippen LogP) is 2.20. The van der Waals surface area contributed by atoms with Gasteiger partial charge in [-0.1, -0.05) is 19.8 Å². The number of rotatable bonds is 8. The van der Waals surface area contributed by atoms with Gasteiger partial charge < -0.3 is 10.1 Å². The maximum Gasteiger partial charge on any atom is 0.258 e. The van der Waals surface area contributed by atoms with Crippen LogP contribution in [-0.4, -0.2) is 33.0 Å². The van der Waals surface area contributed by atoms with Gasteiger partial charge in [-0.2, -0.15) is 0 Å². The number of carbonyl (C=O) groups is 1. The zero-order valence-corrected chi connectivity index (χ0v) is 15.1. The van der Waals surface area contributed by atoms with E-state index < -0.39 is 10.0 Å². The van der Waals surface area contributed by atoms with Crippen molar-refractivity contribution in [1.29, 1.82) is 0 Å². The SMILES string of the molecule is CC[C@@H](C)NC(=O)COc1ccc(S(=O)(=O)NC2CCCC2)cc1. The Hall–Kier alpha value is -1.60. The third-order valence-corrected chi connectivity index (χ3v) is 5.74. The fourth-order valence-corrected chi connectivity index (χ4v) is 3.92. The van der Waals surface area contributed by atoms with E-state index in [4.69, 9.17) is 4.74 Å². The minimum Gasteiger partial charge on any atom is -0.484 e. The molecule has 24 heavy (non-hydrogen) atoms. The summed E-state index contributed by atoms with van der Waals surface area (Å²) in [5.41, 5.74) is 0. The molecule has 0 saturated heterocycles. The van der Waals surface area contributed by atoms with Crippen LogP contribution in [0, 0.1) is 0 Å². The van der Waals surface area contributed by atoms with E-state index in [0.29, 0.717) is 5.75 Å². The molecule has 1 aromatic rings. The minimum absolute atomic E-state index is 0.0372. The van der Waals surface area contributed by atoms with E-state index in [0.717, 1.165) is 32.1 Å². The van der Waals surface area contributed by atoms with Crippen molar-refractivity contribution in [3.63, 3.8) is 0 Å². The van der Waals surface area contributed by atoms with Gasteiger partial charge in [0.1, 0.15) is 5.75 Å². The first kappa shape index (κ1) is 18.7. The van der Waals surface area contributed by atoms with Gasteiger partial charge in [-0.15, -0.1) is 0 Å². The first-order valence-corrected chi connectivity index (χ1v) is 9.93. The number of hydrogen-bond acceptors (Lipinski definition) is 4. The molecule has 7 heteroatoms. The van der Waals surface area contributed by atoms with E-state index in [9.17, 15) is 13.2 Å². The number of ether oxygens (including phenoxy) is 1. The zero-order chi connectivity index (χ0) is 17.6. The lowest BCUT2D eigenvalue weighted by molar-refractivity contribution is -0.123. The monoisotopic (exact) mass is 354 g/mol. The van der Waals surface area contributed by atoms with E-state index in [1.165, 1.54) is 12.1 Å². The molecule has 0 bridgehead atoms. The van der Waals surface area contributed by atoms with Crippen LogP contribution in [0.5, 0.6) is 5.75 Å². The van der Waals surface area contributed by atoms with Gasteiger partial charge in [0.25, 0.3) is 5.91 Å². The van der Waals surface area contributed by atoms with Crippen LogP contribution in [0.2, 0.25) is 0 Å². The molecule has 1 aromatic carbocycles. The van der Waals surface area contributed by atoms with Crippen molar-refractivity contribution in [1.82, 2.24) is 10.0 Å². The van der Waals surface area contributed by atoms with Gasteiger partial charge in [-0.05, 0) is 50.5 Å². The Bertz CT molecular complexity index is 637. The normalized spacial score (nSPS) is 16.8. The number of hydrogen-bond donors (Lipinski definition) is 2. The summed E-state index contributed by atoms with van der Waals surface area (Å²) in [5.74, 6) is 0.276. The van der Waals surface area contributed by atoms with Crippen LogP contribution in [0.25, 0.3) is 0 Å². The average molecular weight is 354 g/mol. The summed E-state index contributed by atoms with van der Waals surface area (Å²) < 4.78 is 32.7. The van der Waals surface area contributed by atoms with Gasteiger partial charge in [0, 0.05) is 12.1 Å². The molecular formula is C17H26N2O4S.